The van der Waals surface area contributed by atoms with Crippen molar-refractivity contribution < 1.29 is 19.8 Å². The number of carboxylic acid groups (broad SMARTS) is 2. The second kappa shape index (κ2) is 3.66. The third-order valence-electron chi connectivity index (χ3n) is 1.59. The number of hydrogen-bond acceptors (Lipinski definition) is 2. The average Bonchev–Trinajstić information content (AvgIpc) is 2.33. The van der Waals surface area contributed by atoms with Crippen LogP contribution < -0.4 is 0 Å². The summed E-state index contributed by atoms with van der Waals surface area (Å²) in [7, 11) is -1.72. The Hall–Kier alpha value is -1.23. The van der Waals surface area contributed by atoms with Crippen LogP contribution in [0.25, 0.3) is 0 Å². The Morgan fingerprint density at radius 3 is 1.69 bits per heavy atom. The molecule has 0 spiro atoms. The zero-order valence-corrected chi connectivity index (χ0v) is 7.66. The van der Waals surface area contributed by atoms with Gasteiger partial charge in [0.25, 0.3) is 0 Å². The van der Waals surface area contributed by atoms with Crippen LogP contribution in [-0.2, 0) is 9.59 Å². The van der Waals surface area contributed by atoms with Crippen molar-refractivity contribution in [3.8, 4) is 0 Å². The highest BCUT2D eigenvalue weighted by Gasteiger charge is 2.26. The maximum Gasteiger partial charge on any atom is 0.312 e. The number of hydrogen-bond donors (Lipinski definition) is 2. The molecule has 1 aliphatic heterocycles. The highest BCUT2D eigenvalue weighted by atomic mass is 32.3. The Morgan fingerprint density at radius 1 is 1.00 bits per heavy atom. The molecule has 4 nitrogen and oxygen atoms in total. The Kier molecular flexibility index (Phi) is 2.77. The molecule has 0 amide bonds. The summed E-state index contributed by atoms with van der Waals surface area (Å²) in [5, 5.41) is 20.6. The maximum absolute atomic E-state index is 10.5. The molecular weight excluding hydrogens is 192 g/mol. The summed E-state index contributed by atoms with van der Waals surface area (Å²) >= 11 is 0. The van der Waals surface area contributed by atoms with E-state index >= 15 is 0 Å². The monoisotopic (exact) mass is 202 g/mol. The van der Waals surface area contributed by atoms with E-state index in [1.807, 2.05) is 0 Å². The zero-order chi connectivity index (χ0) is 9.90. The fourth-order valence-electron chi connectivity index (χ4n) is 1.15. The van der Waals surface area contributed by atoms with Crippen molar-refractivity contribution in [3.05, 3.63) is 23.0 Å². The van der Waals surface area contributed by atoms with Gasteiger partial charge >= 0.3 is 11.9 Å². The largest absolute Gasteiger partial charge is 0.481 e. The highest BCUT2D eigenvalue weighted by molar-refractivity contribution is 8.39. The molecule has 0 bridgehead atoms. The first kappa shape index (κ1) is 9.85. The van der Waals surface area contributed by atoms with Crippen molar-refractivity contribution >= 4 is 22.0 Å². The second-order valence-corrected chi connectivity index (χ2v) is 5.88. The number of carboxylic acids is 2. The molecule has 13 heavy (non-hydrogen) atoms. The van der Waals surface area contributed by atoms with Gasteiger partial charge in [0, 0.05) is 0 Å². The summed E-state index contributed by atoms with van der Waals surface area (Å²) in [5.74, 6) is -2.08. The molecular formula is C8H10O4S. The zero-order valence-electron chi connectivity index (χ0n) is 6.84. The molecule has 2 N–H and O–H groups in total. The molecule has 0 unspecified atom stereocenters. The molecule has 1 aliphatic rings. The quantitative estimate of drug-likeness (QED) is 0.713. The van der Waals surface area contributed by atoms with Crippen LogP contribution in [0.4, 0.5) is 0 Å². The molecule has 0 atom stereocenters. The lowest BCUT2D eigenvalue weighted by atomic mass is 10.6. The van der Waals surface area contributed by atoms with Crippen LogP contribution in [-0.4, -0.2) is 33.7 Å². The van der Waals surface area contributed by atoms with Crippen molar-refractivity contribution in [1.82, 2.24) is 0 Å². The van der Waals surface area contributed by atoms with E-state index in [2.05, 4.69) is 0 Å². The van der Waals surface area contributed by atoms with Gasteiger partial charge in [0.15, 0.2) is 0 Å². The molecule has 1 rings (SSSR count). The lowest BCUT2D eigenvalue weighted by Crippen LogP contribution is -2.16. The lowest BCUT2D eigenvalue weighted by molar-refractivity contribution is -0.134. The third-order valence-corrected chi connectivity index (χ3v) is 4.56. The Morgan fingerprint density at radius 2 is 1.38 bits per heavy atom. The van der Waals surface area contributed by atoms with Crippen LogP contribution in [0.2, 0.25) is 0 Å². The summed E-state index contributed by atoms with van der Waals surface area (Å²) in [5.41, 5.74) is 0. The van der Waals surface area contributed by atoms with Crippen LogP contribution in [0, 0.1) is 0 Å². The maximum atomic E-state index is 10.5. The van der Waals surface area contributed by atoms with Gasteiger partial charge in [-0.25, -0.2) is 0 Å². The standard InChI is InChI=1S/C8H10O4S/c9-7(10)5-13(6-8(11)12)3-1-2-4-13/h1-4H,5-6H2,(H,9,10)(H,11,12). The number of carbonyl (C=O) groups is 2. The van der Waals surface area contributed by atoms with Gasteiger partial charge in [0.05, 0.1) is 11.5 Å². The van der Waals surface area contributed by atoms with Gasteiger partial charge in [-0.05, 0) is 10.8 Å². The van der Waals surface area contributed by atoms with Crippen molar-refractivity contribution in [2.75, 3.05) is 11.5 Å². The highest BCUT2D eigenvalue weighted by Crippen LogP contribution is 2.53. The first-order valence-electron chi connectivity index (χ1n) is 3.61. The molecule has 0 aromatic rings. The molecule has 0 fully saturated rings. The van der Waals surface area contributed by atoms with E-state index < -0.39 is 22.0 Å². The smallest absolute Gasteiger partial charge is 0.312 e. The van der Waals surface area contributed by atoms with Gasteiger partial charge in [0.1, 0.15) is 0 Å². The van der Waals surface area contributed by atoms with Gasteiger partial charge in [0.2, 0.25) is 0 Å². The Bertz CT molecular complexity index is 263. The van der Waals surface area contributed by atoms with Crippen molar-refractivity contribution in [3.63, 3.8) is 0 Å². The van der Waals surface area contributed by atoms with Crippen LogP contribution in [0.15, 0.2) is 23.0 Å². The summed E-state index contributed by atoms with van der Waals surface area (Å²) < 4.78 is 0. The molecule has 1 heterocycles. The minimum absolute atomic E-state index is 0.0910. The molecule has 72 valence electrons. The van der Waals surface area contributed by atoms with Gasteiger partial charge < -0.3 is 10.2 Å². The molecule has 0 saturated carbocycles. The summed E-state index contributed by atoms with van der Waals surface area (Å²) in [6.07, 6.45) is 3.42. The third kappa shape index (κ3) is 2.62. The molecule has 0 aromatic heterocycles. The fourth-order valence-corrected chi connectivity index (χ4v) is 3.46. The molecule has 5 heteroatoms. The van der Waals surface area contributed by atoms with E-state index in [1.165, 1.54) is 0 Å². The normalized spacial score (nSPS) is 20.0. The van der Waals surface area contributed by atoms with E-state index in [0.29, 0.717) is 0 Å². The summed E-state index contributed by atoms with van der Waals surface area (Å²) in [4.78, 5) is 21.0. The second-order valence-electron chi connectivity index (χ2n) is 2.74. The van der Waals surface area contributed by atoms with Crippen LogP contribution in [0.3, 0.4) is 0 Å². The topological polar surface area (TPSA) is 74.6 Å². The predicted octanol–water partition coefficient (Wildman–Crippen LogP) is 1.00. The fraction of sp³-hybridized carbons (Fsp3) is 0.250. The summed E-state index contributed by atoms with van der Waals surface area (Å²) in [6.45, 7) is 0. The number of rotatable bonds is 4. The van der Waals surface area contributed by atoms with Crippen LogP contribution in [0.1, 0.15) is 0 Å². The Balaban J connectivity index is 2.76. The molecule has 0 radical (unpaired) electrons. The minimum Gasteiger partial charge on any atom is -0.481 e. The predicted molar refractivity (Wildman–Crippen MR) is 50.9 cm³/mol. The SMILES string of the molecule is O=C(O)CS1(CC(=O)O)C=CC=C1. The Labute approximate surface area is 76.9 Å². The van der Waals surface area contributed by atoms with Crippen LogP contribution >= 0.6 is 10.0 Å². The summed E-state index contributed by atoms with van der Waals surface area (Å²) in [6, 6.07) is 0. The van der Waals surface area contributed by atoms with Gasteiger partial charge in [-0.2, -0.15) is 10.0 Å². The van der Waals surface area contributed by atoms with Gasteiger partial charge in [-0.3, -0.25) is 9.59 Å². The molecule has 0 saturated heterocycles. The van der Waals surface area contributed by atoms with Crippen molar-refractivity contribution in [1.29, 1.82) is 0 Å². The van der Waals surface area contributed by atoms with Crippen molar-refractivity contribution in [2.45, 2.75) is 0 Å². The molecule has 0 aliphatic carbocycles. The van der Waals surface area contributed by atoms with Gasteiger partial charge in [-0.15, -0.1) is 0 Å². The lowest BCUT2D eigenvalue weighted by Gasteiger charge is -2.27. The number of aliphatic carboxylic acids is 2. The first-order valence-corrected chi connectivity index (χ1v) is 5.71. The van der Waals surface area contributed by atoms with Crippen LogP contribution in [0.5, 0.6) is 0 Å². The van der Waals surface area contributed by atoms with E-state index in [4.69, 9.17) is 10.2 Å². The van der Waals surface area contributed by atoms with E-state index in [1.54, 1.807) is 23.0 Å². The van der Waals surface area contributed by atoms with Gasteiger partial charge in [-0.1, -0.05) is 12.2 Å². The van der Waals surface area contributed by atoms with E-state index in [-0.39, 0.29) is 11.5 Å². The average molecular weight is 202 g/mol. The van der Waals surface area contributed by atoms with Crippen molar-refractivity contribution in [2.24, 2.45) is 0 Å². The first-order chi connectivity index (χ1) is 6.04. The van der Waals surface area contributed by atoms with E-state index in [9.17, 15) is 9.59 Å². The molecule has 0 aromatic carbocycles. The van der Waals surface area contributed by atoms with E-state index in [0.717, 1.165) is 0 Å². The number of allylic oxidation sites excluding steroid dienone is 2. The minimum atomic E-state index is -1.72.